The van der Waals surface area contributed by atoms with Gasteiger partial charge in [-0.05, 0) is 24.8 Å². The van der Waals surface area contributed by atoms with Crippen LogP contribution in [0.3, 0.4) is 0 Å². The maximum atomic E-state index is 12.7. The Morgan fingerprint density at radius 1 is 1.30 bits per heavy atom. The highest BCUT2D eigenvalue weighted by atomic mass is 16.3. The first-order chi connectivity index (χ1) is 13.0. The monoisotopic (exact) mass is 372 g/mol. The van der Waals surface area contributed by atoms with E-state index < -0.39 is 24.0 Å². The third kappa shape index (κ3) is 5.28. The molecule has 0 aromatic heterocycles. The fourth-order valence-corrected chi connectivity index (χ4v) is 3.27. The lowest BCUT2D eigenvalue weighted by molar-refractivity contribution is -0.153. The van der Waals surface area contributed by atoms with Crippen LogP contribution in [0.5, 0.6) is 0 Å². The van der Waals surface area contributed by atoms with E-state index in [1.165, 1.54) is 0 Å². The minimum absolute atomic E-state index is 0.147. The molecule has 1 heterocycles. The summed E-state index contributed by atoms with van der Waals surface area (Å²) in [6, 6.07) is 9.42. The summed E-state index contributed by atoms with van der Waals surface area (Å²) in [4.78, 5) is 26.4. The van der Waals surface area contributed by atoms with Gasteiger partial charge in [0.2, 0.25) is 0 Å². The van der Waals surface area contributed by atoms with Crippen molar-refractivity contribution in [3.05, 3.63) is 60.2 Å². The number of nitrogens with zero attached hydrogens (tertiary/aromatic N) is 1. The molecule has 1 aliphatic heterocycles. The summed E-state index contributed by atoms with van der Waals surface area (Å²) in [5, 5.41) is 23.0. The summed E-state index contributed by atoms with van der Waals surface area (Å²) < 4.78 is 0. The van der Waals surface area contributed by atoms with E-state index in [-0.39, 0.29) is 12.6 Å². The van der Waals surface area contributed by atoms with Crippen molar-refractivity contribution in [2.75, 3.05) is 13.1 Å². The van der Waals surface area contributed by atoms with E-state index in [9.17, 15) is 19.8 Å². The van der Waals surface area contributed by atoms with Gasteiger partial charge in [0.1, 0.15) is 0 Å². The van der Waals surface area contributed by atoms with Crippen LogP contribution in [0.1, 0.15) is 37.8 Å². The van der Waals surface area contributed by atoms with Crippen molar-refractivity contribution >= 4 is 11.8 Å². The minimum atomic E-state index is -1.81. The second kappa shape index (κ2) is 10.0. The van der Waals surface area contributed by atoms with Crippen molar-refractivity contribution in [1.82, 2.24) is 10.2 Å². The van der Waals surface area contributed by atoms with Gasteiger partial charge in [0, 0.05) is 13.1 Å². The van der Waals surface area contributed by atoms with E-state index in [1.54, 1.807) is 17.1 Å². The van der Waals surface area contributed by atoms with Crippen molar-refractivity contribution in [3.63, 3.8) is 0 Å². The van der Waals surface area contributed by atoms with Crippen LogP contribution in [0.4, 0.5) is 0 Å². The molecule has 1 aromatic carbocycles. The molecule has 146 valence electrons. The number of aliphatic hydroxyl groups excluding tert-OH is 2. The molecule has 0 radical (unpaired) electrons. The molecule has 1 fully saturated rings. The van der Waals surface area contributed by atoms with Gasteiger partial charge in [-0.15, -0.1) is 0 Å². The molecule has 2 rings (SSSR count). The molecule has 0 aliphatic carbocycles. The number of carbonyl (C=O) groups excluding carboxylic acids is 2. The number of rotatable bonds is 8. The summed E-state index contributed by atoms with van der Waals surface area (Å²) in [5.41, 5.74) is 1.91. The lowest BCUT2D eigenvalue weighted by Crippen LogP contribution is -2.50. The predicted octanol–water partition coefficient (Wildman–Crippen LogP) is 1.71. The van der Waals surface area contributed by atoms with Gasteiger partial charge >= 0.3 is 0 Å². The summed E-state index contributed by atoms with van der Waals surface area (Å²) in [6.07, 6.45) is 2.12. The van der Waals surface area contributed by atoms with Crippen LogP contribution in [0.15, 0.2) is 54.6 Å². The van der Waals surface area contributed by atoms with Gasteiger partial charge in [-0.3, -0.25) is 9.59 Å². The molecule has 3 atom stereocenters. The van der Waals surface area contributed by atoms with E-state index in [4.69, 9.17) is 0 Å². The number of hydrogen-bond acceptors (Lipinski definition) is 4. The molecular weight excluding hydrogens is 344 g/mol. The number of hydrogen-bond donors (Lipinski definition) is 3. The largest absolute Gasteiger partial charge is 0.380 e. The van der Waals surface area contributed by atoms with Gasteiger partial charge in [0.05, 0.1) is 6.04 Å². The Morgan fingerprint density at radius 3 is 2.63 bits per heavy atom. The van der Waals surface area contributed by atoms with Crippen molar-refractivity contribution in [3.8, 4) is 0 Å². The topological polar surface area (TPSA) is 89.9 Å². The van der Waals surface area contributed by atoms with E-state index in [2.05, 4.69) is 11.9 Å². The molecule has 0 spiro atoms. The lowest BCUT2D eigenvalue weighted by atomic mass is 10.0. The van der Waals surface area contributed by atoms with Gasteiger partial charge in [-0.2, -0.15) is 0 Å². The number of carbonyl (C=O) groups is 2. The molecule has 1 saturated heterocycles. The second-order valence-electron chi connectivity index (χ2n) is 6.62. The smallest absolute Gasteiger partial charge is 0.255 e. The van der Waals surface area contributed by atoms with Crippen LogP contribution < -0.4 is 5.32 Å². The van der Waals surface area contributed by atoms with Crippen LogP contribution in [-0.4, -0.2) is 52.2 Å². The Hall–Kier alpha value is -2.44. The maximum Gasteiger partial charge on any atom is 0.255 e. The Bertz CT molecular complexity index is 687. The Kier molecular flexibility index (Phi) is 7.76. The fourth-order valence-electron chi connectivity index (χ4n) is 3.27. The Labute approximate surface area is 160 Å². The molecule has 0 bridgehead atoms. The van der Waals surface area contributed by atoms with Crippen LogP contribution in [0.25, 0.3) is 0 Å². The summed E-state index contributed by atoms with van der Waals surface area (Å²) >= 11 is 0. The zero-order valence-electron chi connectivity index (χ0n) is 15.7. The Morgan fingerprint density at radius 2 is 2.00 bits per heavy atom. The van der Waals surface area contributed by atoms with E-state index in [0.29, 0.717) is 6.54 Å². The second-order valence-corrected chi connectivity index (χ2v) is 6.62. The highest BCUT2D eigenvalue weighted by Gasteiger charge is 2.38. The highest BCUT2D eigenvalue weighted by molar-refractivity contribution is 5.91. The van der Waals surface area contributed by atoms with Gasteiger partial charge in [-0.25, -0.2) is 0 Å². The number of aliphatic hydroxyl groups is 2. The highest BCUT2D eigenvalue weighted by Crippen LogP contribution is 2.32. The third-order valence-corrected chi connectivity index (χ3v) is 4.84. The van der Waals surface area contributed by atoms with E-state index in [1.807, 2.05) is 37.3 Å². The number of nitrogens with one attached hydrogen (secondary N) is 1. The number of benzene rings is 1. The normalized spacial score (nSPS) is 19.4. The van der Waals surface area contributed by atoms with Gasteiger partial charge in [0.15, 0.2) is 12.2 Å². The molecule has 6 heteroatoms. The third-order valence-electron chi connectivity index (χ3n) is 4.84. The number of allylic oxidation sites excluding steroid dienone is 2. The Balaban J connectivity index is 1.99. The molecular formula is C21H28N2O4. The SMILES string of the molecule is C=C/C=C(\CC)CNC(=O)[C@H](O)[C@@H](O)C(=O)N1CCCC1c1ccccc1. The maximum absolute atomic E-state index is 12.7. The first-order valence-corrected chi connectivity index (χ1v) is 9.29. The van der Waals surface area contributed by atoms with E-state index in [0.717, 1.165) is 30.4 Å². The summed E-state index contributed by atoms with van der Waals surface area (Å²) in [6.45, 7) is 6.27. The molecule has 6 nitrogen and oxygen atoms in total. The van der Waals surface area contributed by atoms with Crippen molar-refractivity contribution in [2.45, 2.75) is 44.4 Å². The molecule has 2 amide bonds. The molecule has 1 aliphatic rings. The molecule has 27 heavy (non-hydrogen) atoms. The molecule has 1 unspecified atom stereocenters. The van der Waals surface area contributed by atoms with Crippen molar-refractivity contribution in [2.24, 2.45) is 0 Å². The standard InChI is InChI=1S/C21H28N2O4/c1-3-9-15(4-2)14-22-20(26)18(24)19(25)21(27)23-13-8-12-17(23)16-10-6-5-7-11-16/h3,5-7,9-11,17-19,24-25H,1,4,8,12-14H2,2H3,(H,22,26)/b15-9+/t17?,18-,19-/m1/s1. The molecule has 1 aromatic rings. The zero-order chi connectivity index (χ0) is 19.8. The zero-order valence-corrected chi connectivity index (χ0v) is 15.7. The average Bonchev–Trinajstić information content (AvgIpc) is 3.19. The van der Waals surface area contributed by atoms with Gasteiger partial charge < -0.3 is 20.4 Å². The summed E-state index contributed by atoms with van der Waals surface area (Å²) in [5.74, 6) is -1.39. The van der Waals surface area contributed by atoms with Crippen LogP contribution in [0, 0.1) is 0 Å². The first-order valence-electron chi connectivity index (χ1n) is 9.29. The quantitative estimate of drug-likeness (QED) is 0.606. The number of likely N-dealkylation sites (tertiary alicyclic amines) is 1. The van der Waals surface area contributed by atoms with E-state index >= 15 is 0 Å². The fraction of sp³-hybridized carbons (Fsp3) is 0.429. The average molecular weight is 372 g/mol. The number of amides is 2. The lowest BCUT2D eigenvalue weighted by Gasteiger charge is -2.28. The predicted molar refractivity (Wildman–Crippen MR) is 104 cm³/mol. The van der Waals surface area contributed by atoms with Gasteiger partial charge in [-0.1, -0.05) is 61.6 Å². The van der Waals surface area contributed by atoms with Crippen LogP contribution in [-0.2, 0) is 9.59 Å². The minimum Gasteiger partial charge on any atom is -0.380 e. The van der Waals surface area contributed by atoms with Crippen molar-refractivity contribution < 1.29 is 19.8 Å². The van der Waals surface area contributed by atoms with Crippen molar-refractivity contribution in [1.29, 1.82) is 0 Å². The van der Waals surface area contributed by atoms with Crippen LogP contribution >= 0.6 is 0 Å². The summed E-state index contributed by atoms with van der Waals surface area (Å²) in [7, 11) is 0. The molecule has 0 saturated carbocycles. The first kappa shape index (κ1) is 20.9. The molecule has 3 N–H and O–H groups in total. The van der Waals surface area contributed by atoms with Gasteiger partial charge in [0.25, 0.3) is 11.8 Å². The van der Waals surface area contributed by atoms with Crippen LogP contribution in [0.2, 0.25) is 0 Å².